The van der Waals surface area contributed by atoms with Gasteiger partial charge in [0, 0.05) is 0 Å². The molecule has 0 radical (unpaired) electrons. The summed E-state index contributed by atoms with van der Waals surface area (Å²) in [4.78, 5) is 9.12. The van der Waals surface area contributed by atoms with E-state index in [0.29, 0.717) is 5.75 Å². The maximum absolute atomic E-state index is 9.12. The van der Waals surface area contributed by atoms with Crippen LogP contribution in [0.5, 0.6) is 5.75 Å². The monoisotopic (exact) mass is 254 g/mol. The second-order valence-corrected chi connectivity index (χ2v) is 2.58. The molecule has 17 heavy (non-hydrogen) atoms. The van der Waals surface area contributed by atoms with Gasteiger partial charge in [-0.2, -0.15) is 0 Å². The van der Waals surface area contributed by atoms with Gasteiger partial charge in [-0.3, -0.25) is 0 Å². The normalized spacial score (nSPS) is 9.59. The van der Waals surface area contributed by atoms with E-state index < -0.39 is 18.9 Å². The van der Waals surface area contributed by atoms with E-state index in [-0.39, 0.29) is 35.0 Å². The van der Waals surface area contributed by atoms with E-state index in [2.05, 4.69) is 0 Å². The summed E-state index contributed by atoms with van der Waals surface area (Å²) in [6.45, 7) is 0.799. The van der Waals surface area contributed by atoms with Crippen molar-refractivity contribution < 1.29 is 59.9 Å². The number of aliphatic hydroxyl groups is 2. The van der Waals surface area contributed by atoms with Gasteiger partial charge in [0.2, 0.25) is 0 Å². The van der Waals surface area contributed by atoms with E-state index in [1.807, 2.05) is 18.2 Å². The van der Waals surface area contributed by atoms with Crippen LogP contribution in [0.3, 0.4) is 0 Å². The van der Waals surface area contributed by atoms with Gasteiger partial charge in [-0.05, 0) is 19.1 Å². The molecule has 0 fully saturated rings. The first-order valence-electron chi connectivity index (χ1n) is 4.28. The number of para-hydroxylation sites is 1. The van der Waals surface area contributed by atoms with Gasteiger partial charge < -0.3 is 25.5 Å². The van der Waals surface area contributed by atoms with E-state index in [4.69, 9.17) is 24.9 Å². The summed E-state index contributed by atoms with van der Waals surface area (Å²) in [7, 11) is 0. The van der Waals surface area contributed by atoms with Gasteiger partial charge >= 0.3 is 35.5 Å². The molecule has 0 aliphatic rings. The third-order valence-electron chi connectivity index (χ3n) is 1.19. The minimum absolute atomic E-state index is 0. The molecule has 6 nitrogen and oxygen atoms in total. The Bertz CT molecular complexity index is 277. The summed E-state index contributed by atoms with van der Waals surface area (Å²) in [5.41, 5.74) is 0. The van der Waals surface area contributed by atoms with Crippen LogP contribution in [0.2, 0.25) is 0 Å². The zero-order valence-electron chi connectivity index (χ0n) is 9.78. The average molecular weight is 254 g/mol. The summed E-state index contributed by atoms with van der Waals surface area (Å²) < 4.78 is 4.97. The van der Waals surface area contributed by atoms with Crippen LogP contribution in [0.15, 0.2) is 30.3 Å². The number of ether oxygens (including phenoxy) is 1. The van der Waals surface area contributed by atoms with Gasteiger partial charge in [-0.15, -0.1) is 0 Å². The van der Waals surface area contributed by atoms with Crippen LogP contribution in [0, 0.1) is 0 Å². The summed E-state index contributed by atoms with van der Waals surface area (Å²) in [6, 6.07) is 9.21. The smallest absolute Gasteiger partial charge is 0.870 e. The molecule has 0 heterocycles. The van der Waals surface area contributed by atoms with Crippen LogP contribution in [-0.2, 0) is 4.79 Å². The first-order chi connectivity index (χ1) is 7.06. The molecule has 0 saturated carbocycles. The molecular formula is C10H15NaO6. The number of carboxylic acids is 1. The number of benzene rings is 1. The minimum Gasteiger partial charge on any atom is -0.870 e. The Kier molecular flexibility index (Phi) is 17.1. The van der Waals surface area contributed by atoms with Crippen LogP contribution in [0.1, 0.15) is 6.92 Å². The second-order valence-electron chi connectivity index (χ2n) is 2.58. The molecule has 0 bridgehead atoms. The number of aliphatic carboxylic acids is 1. The molecule has 0 saturated heterocycles. The zero-order valence-corrected chi connectivity index (χ0v) is 11.8. The predicted molar refractivity (Wildman–Crippen MR) is 55.4 cm³/mol. The number of aliphatic hydroxyl groups excluding tert-OH is 2. The van der Waals surface area contributed by atoms with Gasteiger partial charge in [0.25, 0.3) is 0 Å². The number of hydrogen-bond acceptors (Lipinski definition) is 5. The Labute approximate surface area is 121 Å². The Morgan fingerprint density at radius 1 is 1.35 bits per heavy atom. The Morgan fingerprint density at radius 2 is 1.76 bits per heavy atom. The molecule has 0 amide bonds. The summed E-state index contributed by atoms with van der Waals surface area (Å²) >= 11 is 0. The Balaban J connectivity index is -0.000000247. The van der Waals surface area contributed by atoms with E-state index >= 15 is 0 Å². The van der Waals surface area contributed by atoms with Crippen molar-refractivity contribution in [3.63, 3.8) is 0 Å². The van der Waals surface area contributed by atoms with Gasteiger partial charge in [-0.1, -0.05) is 18.2 Å². The fourth-order valence-electron chi connectivity index (χ4n) is 0.696. The van der Waals surface area contributed by atoms with Crippen molar-refractivity contribution in [2.75, 3.05) is 6.61 Å². The first kappa shape index (κ1) is 21.6. The number of carbonyl (C=O) groups is 1. The van der Waals surface area contributed by atoms with Crippen LogP contribution in [-0.4, -0.2) is 39.7 Å². The molecule has 0 aromatic heterocycles. The summed E-state index contributed by atoms with van der Waals surface area (Å²) in [5, 5.41) is 23.8. The van der Waals surface area contributed by atoms with Crippen molar-refractivity contribution in [2.24, 2.45) is 0 Å². The van der Waals surface area contributed by atoms with Gasteiger partial charge in [0.15, 0.2) is 6.29 Å². The molecule has 1 atom stereocenters. The van der Waals surface area contributed by atoms with Crippen molar-refractivity contribution in [1.29, 1.82) is 0 Å². The quantitative estimate of drug-likeness (QED) is 0.399. The zero-order chi connectivity index (χ0) is 11.7. The van der Waals surface area contributed by atoms with E-state index in [0.717, 1.165) is 0 Å². The fourth-order valence-corrected chi connectivity index (χ4v) is 0.696. The van der Waals surface area contributed by atoms with E-state index in [9.17, 15) is 0 Å². The maximum atomic E-state index is 9.12. The summed E-state index contributed by atoms with van der Waals surface area (Å²) in [6.07, 6.45) is -0.734. The standard InChI is InChI=1S/C8H10O2.C2H4O3.Na.H2O/c1-7(9)10-8-5-3-2-4-6-8;3-1-2(4)5;;/h2-7,9H,1H3;3H,1H2,(H,4,5);;1H2/q;;+1;/p-1. The molecule has 1 unspecified atom stereocenters. The molecule has 0 aliphatic heterocycles. The second kappa shape index (κ2) is 13.4. The first-order valence-corrected chi connectivity index (χ1v) is 4.28. The van der Waals surface area contributed by atoms with Gasteiger partial charge in [0.05, 0.1) is 0 Å². The predicted octanol–water partition coefficient (Wildman–Crippen LogP) is -2.71. The van der Waals surface area contributed by atoms with Crippen LogP contribution < -0.4 is 34.3 Å². The topological polar surface area (TPSA) is 117 Å². The number of hydrogen-bond donors (Lipinski definition) is 3. The average Bonchev–Trinajstić information content (AvgIpc) is 2.19. The fraction of sp³-hybridized carbons (Fsp3) is 0.300. The molecule has 1 aromatic rings. The Hall–Kier alpha value is -0.630. The molecule has 0 aliphatic carbocycles. The molecule has 92 valence electrons. The van der Waals surface area contributed by atoms with Gasteiger partial charge in [-0.25, -0.2) is 4.79 Å². The number of rotatable bonds is 3. The van der Waals surface area contributed by atoms with Crippen LogP contribution >= 0.6 is 0 Å². The summed E-state index contributed by atoms with van der Waals surface area (Å²) in [5.74, 6) is -0.498. The molecule has 0 spiro atoms. The largest absolute Gasteiger partial charge is 1.00 e. The molecule has 7 heteroatoms. The number of carboxylic acid groups (broad SMARTS) is 1. The van der Waals surface area contributed by atoms with Crippen LogP contribution in [0.4, 0.5) is 0 Å². The van der Waals surface area contributed by atoms with Crippen molar-refractivity contribution >= 4 is 5.97 Å². The molecular weight excluding hydrogens is 239 g/mol. The van der Waals surface area contributed by atoms with Crippen molar-refractivity contribution in [2.45, 2.75) is 13.2 Å². The van der Waals surface area contributed by atoms with E-state index in [1.54, 1.807) is 19.1 Å². The third-order valence-corrected chi connectivity index (χ3v) is 1.19. The van der Waals surface area contributed by atoms with E-state index in [1.165, 1.54) is 0 Å². The van der Waals surface area contributed by atoms with Crippen molar-refractivity contribution in [1.82, 2.24) is 0 Å². The maximum Gasteiger partial charge on any atom is 1.00 e. The van der Waals surface area contributed by atoms with Crippen molar-refractivity contribution in [3.05, 3.63) is 30.3 Å². The third kappa shape index (κ3) is 15.4. The molecule has 4 N–H and O–H groups in total. The SMILES string of the molecule is CC(O)Oc1ccccc1.O=C(O)CO.[Na+].[OH-]. The van der Waals surface area contributed by atoms with Gasteiger partial charge in [0.1, 0.15) is 12.4 Å². The van der Waals surface area contributed by atoms with Crippen LogP contribution in [0.25, 0.3) is 0 Å². The van der Waals surface area contributed by atoms with Crippen molar-refractivity contribution in [3.8, 4) is 5.75 Å². The Morgan fingerprint density at radius 3 is 2.06 bits per heavy atom. The molecule has 1 rings (SSSR count). The minimum atomic E-state index is -1.19. The molecule has 1 aromatic carbocycles.